The highest BCUT2D eigenvalue weighted by Gasteiger charge is 2.37. The van der Waals surface area contributed by atoms with Crippen molar-refractivity contribution in [1.82, 2.24) is 4.90 Å². The fourth-order valence-corrected chi connectivity index (χ4v) is 3.11. The molecule has 2 rings (SSSR count). The van der Waals surface area contributed by atoms with Crippen LogP contribution in [0.3, 0.4) is 0 Å². The first-order chi connectivity index (χ1) is 8.13. The molecule has 0 aromatic carbocycles. The SMILES string of the molecule is CC1CC(C(=O)N2CCCC(C)C2CN)CO1. The lowest BCUT2D eigenvalue weighted by molar-refractivity contribution is -0.140. The van der Waals surface area contributed by atoms with Crippen LogP contribution in [0.1, 0.15) is 33.1 Å². The van der Waals surface area contributed by atoms with Crippen molar-refractivity contribution in [2.24, 2.45) is 17.6 Å². The van der Waals surface area contributed by atoms with Crippen LogP contribution in [-0.4, -0.2) is 42.6 Å². The van der Waals surface area contributed by atoms with Crippen LogP contribution in [0.4, 0.5) is 0 Å². The monoisotopic (exact) mass is 240 g/mol. The van der Waals surface area contributed by atoms with Gasteiger partial charge in [0.05, 0.1) is 18.6 Å². The third-order valence-electron chi connectivity index (χ3n) is 4.19. The van der Waals surface area contributed by atoms with Gasteiger partial charge in [-0.3, -0.25) is 4.79 Å². The number of nitrogens with zero attached hydrogens (tertiary/aromatic N) is 1. The van der Waals surface area contributed by atoms with Crippen molar-refractivity contribution < 1.29 is 9.53 Å². The van der Waals surface area contributed by atoms with Crippen LogP contribution in [0.5, 0.6) is 0 Å². The minimum atomic E-state index is 0.0596. The van der Waals surface area contributed by atoms with Gasteiger partial charge in [-0.15, -0.1) is 0 Å². The minimum absolute atomic E-state index is 0.0596. The number of carbonyl (C=O) groups is 1. The van der Waals surface area contributed by atoms with Crippen LogP contribution < -0.4 is 5.73 Å². The number of hydrogen-bond donors (Lipinski definition) is 1. The van der Waals surface area contributed by atoms with Gasteiger partial charge >= 0.3 is 0 Å². The second-order valence-electron chi connectivity index (χ2n) is 5.53. The van der Waals surface area contributed by atoms with Gasteiger partial charge < -0.3 is 15.4 Å². The Balaban J connectivity index is 2.01. The summed E-state index contributed by atoms with van der Waals surface area (Å²) in [7, 11) is 0. The highest BCUT2D eigenvalue weighted by molar-refractivity contribution is 5.79. The van der Waals surface area contributed by atoms with E-state index in [1.165, 1.54) is 6.42 Å². The first kappa shape index (κ1) is 12.8. The number of nitrogens with two attached hydrogens (primary N) is 1. The highest BCUT2D eigenvalue weighted by atomic mass is 16.5. The Hall–Kier alpha value is -0.610. The lowest BCUT2D eigenvalue weighted by Gasteiger charge is -2.40. The van der Waals surface area contributed by atoms with Crippen molar-refractivity contribution in [3.05, 3.63) is 0 Å². The zero-order chi connectivity index (χ0) is 12.4. The summed E-state index contributed by atoms with van der Waals surface area (Å²) in [5.41, 5.74) is 5.82. The maximum absolute atomic E-state index is 12.5. The number of amides is 1. The molecule has 0 radical (unpaired) electrons. The molecule has 0 aliphatic carbocycles. The first-order valence-electron chi connectivity index (χ1n) is 6.75. The van der Waals surface area contributed by atoms with Gasteiger partial charge in [-0.25, -0.2) is 0 Å². The molecule has 0 aromatic rings. The molecule has 1 amide bonds. The van der Waals surface area contributed by atoms with Gasteiger partial charge in [0, 0.05) is 19.1 Å². The molecular weight excluding hydrogens is 216 g/mol. The first-order valence-corrected chi connectivity index (χ1v) is 6.75. The summed E-state index contributed by atoms with van der Waals surface area (Å²) in [5.74, 6) is 0.846. The Bertz CT molecular complexity index is 283. The van der Waals surface area contributed by atoms with E-state index < -0.39 is 0 Å². The number of piperidine rings is 1. The number of carbonyl (C=O) groups excluding carboxylic acids is 1. The summed E-state index contributed by atoms with van der Waals surface area (Å²) in [6, 6.07) is 0.229. The molecule has 2 fully saturated rings. The Kier molecular flexibility index (Phi) is 4.05. The molecule has 4 unspecified atom stereocenters. The van der Waals surface area contributed by atoms with E-state index in [4.69, 9.17) is 10.5 Å². The van der Waals surface area contributed by atoms with E-state index in [2.05, 4.69) is 6.92 Å². The standard InChI is InChI=1S/C13H24N2O2/c1-9-4-3-5-15(12(9)7-14)13(16)11-6-10(2)17-8-11/h9-12H,3-8,14H2,1-2H3. The van der Waals surface area contributed by atoms with Gasteiger partial charge in [0.15, 0.2) is 0 Å². The number of ether oxygens (including phenoxy) is 1. The van der Waals surface area contributed by atoms with Crippen molar-refractivity contribution in [2.75, 3.05) is 19.7 Å². The van der Waals surface area contributed by atoms with Crippen LogP contribution in [-0.2, 0) is 9.53 Å². The second-order valence-corrected chi connectivity index (χ2v) is 5.53. The lowest BCUT2D eigenvalue weighted by Crippen LogP contribution is -2.53. The fraction of sp³-hybridized carbons (Fsp3) is 0.923. The molecule has 2 N–H and O–H groups in total. The summed E-state index contributed by atoms with van der Waals surface area (Å²) >= 11 is 0. The maximum Gasteiger partial charge on any atom is 0.228 e. The van der Waals surface area contributed by atoms with Crippen molar-refractivity contribution in [1.29, 1.82) is 0 Å². The van der Waals surface area contributed by atoms with Gasteiger partial charge in [-0.2, -0.15) is 0 Å². The van der Waals surface area contributed by atoms with Crippen molar-refractivity contribution in [2.45, 2.75) is 45.3 Å². The predicted molar refractivity (Wildman–Crippen MR) is 66.5 cm³/mol. The van der Waals surface area contributed by atoms with E-state index in [0.29, 0.717) is 19.1 Å². The summed E-state index contributed by atoms with van der Waals surface area (Å²) in [6.07, 6.45) is 3.37. The molecule has 2 aliphatic rings. The molecule has 2 aliphatic heterocycles. The highest BCUT2D eigenvalue weighted by Crippen LogP contribution is 2.27. The number of hydrogen-bond acceptors (Lipinski definition) is 3. The average Bonchev–Trinajstić information content (AvgIpc) is 2.74. The van der Waals surface area contributed by atoms with Crippen LogP contribution >= 0.6 is 0 Å². The van der Waals surface area contributed by atoms with Crippen LogP contribution in [0.15, 0.2) is 0 Å². The molecule has 4 nitrogen and oxygen atoms in total. The molecule has 0 spiro atoms. The van der Waals surface area contributed by atoms with E-state index >= 15 is 0 Å². The van der Waals surface area contributed by atoms with Gasteiger partial charge in [0.2, 0.25) is 5.91 Å². The van der Waals surface area contributed by atoms with Crippen molar-refractivity contribution in [3.63, 3.8) is 0 Å². The van der Waals surface area contributed by atoms with Crippen molar-refractivity contribution >= 4 is 5.91 Å². The Morgan fingerprint density at radius 2 is 2.24 bits per heavy atom. The smallest absolute Gasteiger partial charge is 0.228 e. The summed E-state index contributed by atoms with van der Waals surface area (Å²) in [6.45, 7) is 6.27. The van der Waals surface area contributed by atoms with Gasteiger partial charge in [-0.1, -0.05) is 6.92 Å². The van der Waals surface area contributed by atoms with E-state index in [1.807, 2.05) is 11.8 Å². The van der Waals surface area contributed by atoms with E-state index in [-0.39, 0.29) is 24.0 Å². The Morgan fingerprint density at radius 1 is 1.47 bits per heavy atom. The van der Waals surface area contributed by atoms with Crippen LogP contribution in [0, 0.1) is 11.8 Å². The molecule has 4 heteroatoms. The van der Waals surface area contributed by atoms with E-state index in [0.717, 1.165) is 19.4 Å². The zero-order valence-corrected chi connectivity index (χ0v) is 10.9. The van der Waals surface area contributed by atoms with Gasteiger partial charge in [0.25, 0.3) is 0 Å². The topological polar surface area (TPSA) is 55.6 Å². The summed E-state index contributed by atoms with van der Waals surface area (Å²) in [4.78, 5) is 14.5. The minimum Gasteiger partial charge on any atom is -0.378 e. The third-order valence-corrected chi connectivity index (χ3v) is 4.19. The molecule has 0 bridgehead atoms. The van der Waals surface area contributed by atoms with Crippen molar-refractivity contribution in [3.8, 4) is 0 Å². The third kappa shape index (κ3) is 2.63. The largest absolute Gasteiger partial charge is 0.378 e. The Morgan fingerprint density at radius 3 is 2.82 bits per heavy atom. The average molecular weight is 240 g/mol. The molecule has 2 saturated heterocycles. The summed E-state index contributed by atoms with van der Waals surface area (Å²) < 4.78 is 5.49. The lowest BCUT2D eigenvalue weighted by atomic mass is 9.89. The predicted octanol–water partition coefficient (Wildman–Crippen LogP) is 0.997. The molecular formula is C13H24N2O2. The van der Waals surface area contributed by atoms with Gasteiger partial charge in [-0.05, 0) is 32.1 Å². The fourth-order valence-electron chi connectivity index (χ4n) is 3.11. The quantitative estimate of drug-likeness (QED) is 0.783. The van der Waals surface area contributed by atoms with Crippen LogP contribution in [0.2, 0.25) is 0 Å². The van der Waals surface area contributed by atoms with E-state index in [9.17, 15) is 4.79 Å². The summed E-state index contributed by atoms with van der Waals surface area (Å²) in [5, 5.41) is 0. The molecule has 0 aromatic heterocycles. The molecule has 98 valence electrons. The number of rotatable bonds is 2. The maximum atomic E-state index is 12.5. The normalized spacial score (nSPS) is 38.4. The molecule has 0 saturated carbocycles. The van der Waals surface area contributed by atoms with E-state index in [1.54, 1.807) is 0 Å². The molecule has 2 heterocycles. The second kappa shape index (κ2) is 5.36. The van der Waals surface area contributed by atoms with Crippen LogP contribution in [0.25, 0.3) is 0 Å². The number of likely N-dealkylation sites (tertiary alicyclic amines) is 1. The molecule has 4 atom stereocenters. The zero-order valence-electron chi connectivity index (χ0n) is 10.9. The van der Waals surface area contributed by atoms with Gasteiger partial charge in [0.1, 0.15) is 0 Å². The molecule has 17 heavy (non-hydrogen) atoms. The Labute approximate surface area is 103 Å².